The second-order valence-electron chi connectivity index (χ2n) is 3.66. The summed E-state index contributed by atoms with van der Waals surface area (Å²) in [6.45, 7) is 7.96. The molecule has 0 saturated carbocycles. The third-order valence-electron chi connectivity index (χ3n) is 2.16. The molecule has 15 heavy (non-hydrogen) atoms. The van der Waals surface area contributed by atoms with Gasteiger partial charge in [-0.05, 0) is 25.5 Å². The molecule has 0 bridgehead atoms. The number of thiophene rings is 1. The van der Waals surface area contributed by atoms with Crippen molar-refractivity contribution in [2.45, 2.75) is 33.2 Å². The fourth-order valence-electron chi connectivity index (χ4n) is 1.28. The lowest BCUT2D eigenvalue weighted by molar-refractivity contribution is 0.133. The Bertz CT molecular complexity index is 260. The van der Waals surface area contributed by atoms with Crippen molar-refractivity contribution in [2.24, 2.45) is 0 Å². The van der Waals surface area contributed by atoms with Gasteiger partial charge < -0.3 is 10.1 Å². The molecule has 0 atom stereocenters. The van der Waals surface area contributed by atoms with Crippen LogP contribution in [0.2, 0.25) is 0 Å². The summed E-state index contributed by atoms with van der Waals surface area (Å²) >= 11 is 1.86. The smallest absolute Gasteiger partial charge is 0.0591 e. The third kappa shape index (κ3) is 5.92. The van der Waals surface area contributed by atoms with Gasteiger partial charge >= 0.3 is 0 Å². The summed E-state index contributed by atoms with van der Waals surface area (Å²) in [5.74, 6) is 0. The first-order valence-corrected chi connectivity index (χ1v) is 6.48. The minimum Gasteiger partial charge on any atom is -0.380 e. The normalized spacial score (nSPS) is 10.8. The largest absolute Gasteiger partial charge is 0.380 e. The first-order chi connectivity index (χ1) is 7.33. The molecule has 0 aliphatic rings. The van der Waals surface area contributed by atoms with E-state index in [0.717, 1.165) is 26.3 Å². The van der Waals surface area contributed by atoms with Gasteiger partial charge in [0.05, 0.1) is 6.61 Å². The Balaban J connectivity index is 1.93. The lowest BCUT2D eigenvalue weighted by atomic mass is 10.4. The molecule has 1 heterocycles. The molecule has 0 aliphatic heterocycles. The zero-order valence-electron chi connectivity index (χ0n) is 9.71. The number of hydrogen-bond donors (Lipinski definition) is 1. The molecular formula is C12H21NOS. The summed E-state index contributed by atoms with van der Waals surface area (Å²) < 4.78 is 5.46. The van der Waals surface area contributed by atoms with Crippen molar-refractivity contribution in [3.8, 4) is 0 Å². The molecule has 0 saturated heterocycles. The summed E-state index contributed by atoms with van der Waals surface area (Å²) in [5, 5.41) is 3.38. The van der Waals surface area contributed by atoms with E-state index in [9.17, 15) is 0 Å². The number of aryl methyl sites for hydroxylation is 1. The van der Waals surface area contributed by atoms with Gasteiger partial charge in [-0.15, -0.1) is 11.3 Å². The molecule has 0 aliphatic carbocycles. The van der Waals surface area contributed by atoms with Crippen LogP contribution < -0.4 is 5.32 Å². The molecule has 3 heteroatoms. The molecule has 0 amide bonds. The van der Waals surface area contributed by atoms with Gasteiger partial charge in [-0.25, -0.2) is 0 Å². The highest BCUT2D eigenvalue weighted by Gasteiger charge is 1.95. The molecule has 1 aromatic heterocycles. The van der Waals surface area contributed by atoms with E-state index in [4.69, 9.17) is 4.74 Å². The standard InChI is InChI=1S/C12H21NOS/c1-3-4-8-14-9-7-13-10-12-6-5-11(2)15-12/h5-6,13H,3-4,7-10H2,1-2H3. The second-order valence-corrected chi connectivity index (χ2v) is 5.03. The highest BCUT2D eigenvalue weighted by atomic mass is 32.1. The van der Waals surface area contributed by atoms with E-state index in [2.05, 4.69) is 31.3 Å². The molecular weight excluding hydrogens is 206 g/mol. The van der Waals surface area contributed by atoms with Crippen LogP contribution in [0, 0.1) is 6.92 Å². The lowest BCUT2D eigenvalue weighted by Gasteiger charge is -2.04. The van der Waals surface area contributed by atoms with E-state index in [1.165, 1.54) is 22.6 Å². The molecule has 0 radical (unpaired) electrons. The van der Waals surface area contributed by atoms with Crippen LogP contribution in [0.5, 0.6) is 0 Å². The van der Waals surface area contributed by atoms with Crippen LogP contribution in [0.4, 0.5) is 0 Å². The van der Waals surface area contributed by atoms with E-state index in [-0.39, 0.29) is 0 Å². The zero-order valence-corrected chi connectivity index (χ0v) is 10.5. The number of ether oxygens (including phenoxy) is 1. The maximum atomic E-state index is 5.46. The Kier molecular flexibility index (Phi) is 6.64. The topological polar surface area (TPSA) is 21.3 Å². The first-order valence-electron chi connectivity index (χ1n) is 5.66. The van der Waals surface area contributed by atoms with Gasteiger partial charge in [0.1, 0.15) is 0 Å². The molecule has 2 nitrogen and oxygen atoms in total. The van der Waals surface area contributed by atoms with Crippen LogP contribution in [0.3, 0.4) is 0 Å². The maximum absolute atomic E-state index is 5.46. The van der Waals surface area contributed by atoms with E-state index in [1.807, 2.05) is 11.3 Å². The quantitative estimate of drug-likeness (QED) is 0.689. The first kappa shape index (κ1) is 12.7. The average Bonchev–Trinajstić information content (AvgIpc) is 2.63. The van der Waals surface area contributed by atoms with E-state index in [1.54, 1.807) is 0 Å². The fraction of sp³-hybridized carbons (Fsp3) is 0.667. The molecule has 0 aromatic carbocycles. The molecule has 1 N–H and O–H groups in total. The zero-order chi connectivity index (χ0) is 10.9. The van der Waals surface area contributed by atoms with Gasteiger partial charge in [-0.2, -0.15) is 0 Å². The highest BCUT2D eigenvalue weighted by molar-refractivity contribution is 7.11. The highest BCUT2D eigenvalue weighted by Crippen LogP contribution is 2.14. The SMILES string of the molecule is CCCCOCCNCc1ccc(C)s1. The lowest BCUT2D eigenvalue weighted by Crippen LogP contribution is -2.18. The van der Waals surface area contributed by atoms with Crippen molar-refractivity contribution in [2.75, 3.05) is 19.8 Å². The van der Waals surface area contributed by atoms with Crippen LogP contribution in [0.15, 0.2) is 12.1 Å². The van der Waals surface area contributed by atoms with Crippen LogP contribution in [-0.4, -0.2) is 19.8 Å². The number of rotatable bonds is 8. The van der Waals surface area contributed by atoms with Crippen LogP contribution in [0.1, 0.15) is 29.5 Å². The molecule has 1 aromatic rings. The Morgan fingerprint density at radius 2 is 2.20 bits per heavy atom. The van der Waals surface area contributed by atoms with Crippen LogP contribution >= 0.6 is 11.3 Å². The Morgan fingerprint density at radius 3 is 2.87 bits per heavy atom. The van der Waals surface area contributed by atoms with Gasteiger partial charge in [0.2, 0.25) is 0 Å². The van der Waals surface area contributed by atoms with Gasteiger partial charge in [0, 0.05) is 29.5 Å². The molecule has 0 unspecified atom stereocenters. The van der Waals surface area contributed by atoms with Crippen molar-refractivity contribution < 1.29 is 4.74 Å². The van der Waals surface area contributed by atoms with Crippen LogP contribution in [-0.2, 0) is 11.3 Å². The summed E-state index contributed by atoms with van der Waals surface area (Å²) in [4.78, 5) is 2.78. The Labute approximate surface area is 96.7 Å². The van der Waals surface area contributed by atoms with Crippen LogP contribution in [0.25, 0.3) is 0 Å². The summed E-state index contributed by atoms with van der Waals surface area (Å²) in [6, 6.07) is 4.35. The minimum atomic E-state index is 0.824. The van der Waals surface area contributed by atoms with Gasteiger partial charge in [-0.3, -0.25) is 0 Å². The predicted octanol–water partition coefficient (Wildman–Crippen LogP) is 2.96. The monoisotopic (exact) mass is 227 g/mol. The van der Waals surface area contributed by atoms with Gasteiger partial charge in [0.25, 0.3) is 0 Å². The van der Waals surface area contributed by atoms with E-state index in [0.29, 0.717) is 0 Å². The average molecular weight is 227 g/mol. The summed E-state index contributed by atoms with van der Waals surface area (Å²) in [6.07, 6.45) is 2.38. The van der Waals surface area contributed by atoms with Crippen molar-refractivity contribution in [1.82, 2.24) is 5.32 Å². The molecule has 0 spiro atoms. The molecule has 0 fully saturated rings. The number of unbranched alkanes of at least 4 members (excludes halogenated alkanes) is 1. The van der Waals surface area contributed by atoms with Crippen molar-refractivity contribution in [3.63, 3.8) is 0 Å². The summed E-state index contributed by atoms with van der Waals surface area (Å²) in [7, 11) is 0. The van der Waals surface area contributed by atoms with Crippen molar-refractivity contribution in [3.05, 3.63) is 21.9 Å². The molecule has 1 rings (SSSR count). The number of hydrogen-bond acceptors (Lipinski definition) is 3. The summed E-state index contributed by atoms with van der Waals surface area (Å²) in [5.41, 5.74) is 0. The Morgan fingerprint density at radius 1 is 1.33 bits per heavy atom. The van der Waals surface area contributed by atoms with Gasteiger partial charge in [0.15, 0.2) is 0 Å². The van der Waals surface area contributed by atoms with E-state index >= 15 is 0 Å². The van der Waals surface area contributed by atoms with Gasteiger partial charge in [-0.1, -0.05) is 13.3 Å². The Hall–Kier alpha value is -0.380. The third-order valence-corrected chi connectivity index (χ3v) is 3.16. The second kappa shape index (κ2) is 7.85. The number of nitrogens with one attached hydrogen (secondary N) is 1. The predicted molar refractivity (Wildman–Crippen MR) is 66.5 cm³/mol. The fourth-order valence-corrected chi connectivity index (χ4v) is 2.14. The maximum Gasteiger partial charge on any atom is 0.0591 e. The minimum absolute atomic E-state index is 0.824. The van der Waals surface area contributed by atoms with E-state index < -0.39 is 0 Å². The van der Waals surface area contributed by atoms with Crippen molar-refractivity contribution in [1.29, 1.82) is 0 Å². The molecule has 86 valence electrons. The van der Waals surface area contributed by atoms with Crippen molar-refractivity contribution >= 4 is 11.3 Å².